The first-order valence-corrected chi connectivity index (χ1v) is 6.87. The summed E-state index contributed by atoms with van der Waals surface area (Å²) in [4.78, 5) is 24.3. The van der Waals surface area contributed by atoms with Crippen LogP contribution in [0.15, 0.2) is 12.4 Å². The van der Waals surface area contributed by atoms with Gasteiger partial charge in [-0.15, -0.1) is 0 Å². The SMILES string of the molecule is COCCn1cc(NC(=O)N(CC(=O)O)CC2CC2)cn1. The molecule has 2 N–H and O–H groups in total. The highest BCUT2D eigenvalue weighted by Gasteiger charge is 2.28. The highest BCUT2D eigenvalue weighted by molar-refractivity contribution is 5.91. The predicted octanol–water partition coefficient (Wildman–Crippen LogP) is 0.858. The monoisotopic (exact) mass is 296 g/mol. The molecule has 2 amide bonds. The van der Waals surface area contributed by atoms with Crippen LogP contribution in [0.5, 0.6) is 0 Å². The molecule has 1 aromatic heterocycles. The Morgan fingerprint density at radius 2 is 2.33 bits per heavy atom. The zero-order valence-corrected chi connectivity index (χ0v) is 12.0. The molecule has 1 fully saturated rings. The van der Waals surface area contributed by atoms with Crippen molar-refractivity contribution in [3.05, 3.63) is 12.4 Å². The van der Waals surface area contributed by atoms with Crippen molar-refractivity contribution in [2.24, 2.45) is 5.92 Å². The lowest BCUT2D eigenvalue weighted by molar-refractivity contribution is -0.137. The lowest BCUT2D eigenvalue weighted by Gasteiger charge is -2.20. The van der Waals surface area contributed by atoms with Gasteiger partial charge >= 0.3 is 12.0 Å². The summed E-state index contributed by atoms with van der Waals surface area (Å²) >= 11 is 0. The zero-order chi connectivity index (χ0) is 15.2. The van der Waals surface area contributed by atoms with Gasteiger partial charge in [-0.3, -0.25) is 9.48 Å². The third kappa shape index (κ3) is 5.07. The fourth-order valence-corrected chi connectivity index (χ4v) is 1.93. The van der Waals surface area contributed by atoms with Gasteiger partial charge in [0.1, 0.15) is 6.54 Å². The average Bonchev–Trinajstić information content (AvgIpc) is 3.14. The lowest BCUT2D eigenvalue weighted by Crippen LogP contribution is -2.40. The molecule has 2 rings (SSSR count). The number of urea groups is 1. The van der Waals surface area contributed by atoms with Crippen LogP contribution >= 0.6 is 0 Å². The Bertz CT molecular complexity index is 498. The molecule has 1 heterocycles. The second-order valence-electron chi connectivity index (χ2n) is 5.13. The van der Waals surface area contributed by atoms with E-state index in [1.807, 2.05) is 0 Å². The van der Waals surface area contributed by atoms with Crippen molar-refractivity contribution in [3.8, 4) is 0 Å². The molecule has 1 aliphatic carbocycles. The number of anilines is 1. The molecule has 1 aliphatic rings. The van der Waals surface area contributed by atoms with E-state index < -0.39 is 12.0 Å². The zero-order valence-electron chi connectivity index (χ0n) is 12.0. The summed E-state index contributed by atoms with van der Waals surface area (Å²) in [6, 6.07) is -0.407. The summed E-state index contributed by atoms with van der Waals surface area (Å²) in [6.07, 6.45) is 5.33. The molecule has 8 heteroatoms. The minimum Gasteiger partial charge on any atom is -0.480 e. The lowest BCUT2D eigenvalue weighted by atomic mass is 10.3. The van der Waals surface area contributed by atoms with Crippen LogP contribution < -0.4 is 5.32 Å². The Morgan fingerprint density at radius 1 is 1.57 bits per heavy atom. The number of nitrogens with one attached hydrogen (secondary N) is 1. The van der Waals surface area contributed by atoms with Gasteiger partial charge in [0.05, 0.1) is 25.0 Å². The van der Waals surface area contributed by atoms with E-state index in [4.69, 9.17) is 9.84 Å². The fourth-order valence-electron chi connectivity index (χ4n) is 1.93. The Balaban J connectivity index is 1.90. The van der Waals surface area contributed by atoms with Crippen LogP contribution in [0.2, 0.25) is 0 Å². The second kappa shape index (κ2) is 7.07. The van der Waals surface area contributed by atoms with Gasteiger partial charge in [-0.25, -0.2) is 4.79 Å². The largest absolute Gasteiger partial charge is 0.480 e. The van der Waals surface area contributed by atoms with Crippen molar-refractivity contribution in [3.63, 3.8) is 0 Å². The number of amides is 2. The molecule has 21 heavy (non-hydrogen) atoms. The topological polar surface area (TPSA) is 96.7 Å². The molecule has 0 radical (unpaired) electrons. The summed E-state index contributed by atoms with van der Waals surface area (Å²) in [7, 11) is 1.61. The first kappa shape index (κ1) is 15.3. The Labute approximate surface area is 122 Å². The van der Waals surface area contributed by atoms with Gasteiger partial charge in [-0.1, -0.05) is 0 Å². The van der Waals surface area contributed by atoms with Crippen LogP contribution in [0.3, 0.4) is 0 Å². The molecule has 0 spiro atoms. The number of methoxy groups -OCH3 is 1. The van der Waals surface area contributed by atoms with Crippen molar-refractivity contribution in [2.75, 3.05) is 32.1 Å². The first-order chi connectivity index (χ1) is 10.1. The molecule has 0 aliphatic heterocycles. The summed E-state index contributed by atoms with van der Waals surface area (Å²) in [5.74, 6) is -0.582. The molecule has 0 atom stereocenters. The van der Waals surface area contributed by atoms with Crippen molar-refractivity contribution in [1.29, 1.82) is 0 Å². The normalized spacial score (nSPS) is 14.0. The number of carboxylic acids is 1. The number of hydrogen-bond donors (Lipinski definition) is 2. The van der Waals surface area contributed by atoms with Gasteiger partial charge in [-0.2, -0.15) is 5.10 Å². The fraction of sp³-hybridized carbons (Fsp3) is 0.615. The number of rotatable bonds is 8. The van der Waals surface area contributed by atoms with Crippen LogP contribution in [-0.4, -0.2) is 58.6 Å². The van der Waals surface area contributed by atoms with Gasteiger partial charge < -0.3 is 20.1 Å². The van der Waals surface area contributed by atoms with Gasteiger partial charge in [-0.05, 0) is 18.8 Å². The molecule has 0 saturated heterocycles. The highest BCUT2D eigenvalue weighted by atomic mass is 16.5. The van der Waals surface area contributed by atoms with Crippen LogP contribution in [0.4, 0.5) is 10.5 Å². The average molecular weight is 296 g/mol. The minimum absolute atomic E-state index is 0.292. The van der Waals surface area contributed by atoms with Crippen molar-refractivity contribution in [1.82, 2.24) is 14.7 Å². The van der Waals surface area contributed by atoms with Crippen LogP contribution in [-0.2, 0) is 16.1 Å². The van der Waals surface area contributed by atoms with E-state index in [2.05, 4.69) is 10.4 Å². The van der Waals surface area contributed by atoms with E-state index in [1.54, 1.807) is 18.0 Å². The predicted molar refractivity (Wildman–Crippen MR) is 75.1 cm³/mol. The second-order valence-corrected chi connectivity index (χ2v) is 5.13. The number of ether oxygens (including phenoxy) is 1. The number of carbonyl (C=O) groups excluding carboxylic acids is 1. The molecule has 116 valence electrons. The number of carbonyl (C=O) groups is 2. The molecule has 1 saturated carbocycles. The molecule has 0 bridgehead atoms. The van der Waals surface area contributed by atoms with E-state index in [0.29, 0.717) is 31.3 Å². The maximum atomic E-state index is 12.1. The smallest absolute Gasteiger partial charge is 0.323 e. The Morgan fingerprint density at radius 3 is 2.95 bits per heavy atom. The first-order valence-electron chi connectivity index (χ1n) is 6.87. The number of aliphatic carboxylic acids is 1. The summed E-state index contributed by atoms with van der Waals surface area (Å²) in [5, 5.41) is 15.6. The number of hydrogen-bond acceptors (Lipinski definition) is 4. The molecule has 1 aromatic rings. The van der Waals surface area contributed by atoms with E-state index in [9.17, 15) is 9.59 Å². The standard InChI is InChI=1S/C13H20N4O4/c1-21-5-4-17-8-11(6-14-17)15-13(20)16(9-12(18)19)7-10-2-3-10/h6,8,10H,2-5,7,9H2,1H3,(H,15,20)(H,18,19). The minimum atomic E-state index is -1.01. The van der Waals surface area contributed by atoms with Crippen LogP contribution in [0.1, 0.15) is 12.8 Å². The van der Waals surface area contributed by atoms with Gasteiger partial charge in [0.2, 0.25) is 0 Å². The molecule has 8 nitrogen and oxygen atoms in total. The third-order valence-electron chi connectivity index (χ3n) is 3.20. The number of carboxylic acid groups (broad SMARTS) is 1. The van der Waals surface area contributed by atoms with Gasteiger partial charge in [0, 0.05) is 19.9 Å². The summed E-state index contributed by atoms with van der Waals surface area (Å²) in [6.45, 7) is 1.31. The number of aromatic nitrogens is 2. The van der Waals surface area contributed by atoms with Gasteiger partial charge in [0.15, 0.2) is 0 Å². The van der Waals surface area contributed by atoms with Crippen molar-refractivity contribution in [2.45, 2.75) is 19.4 Å². The number of nitrogens with zero attached hydrogens (tertiary/aromatic N) is 3. The maximum absolute atomic E-state index is 12.1. The van der Waals surface area contributed by atoms with Crippen LogP contribution in [0, 0.1) is 5.92 Å². The molecular formula is C13H20N4O4. The molecule has 0 aromatic carbocycles. The van der Waals surface area contributed by atoms with Gasteiger partial charge in [0.25, 0.3) is 0 Å². The van der Waals surface area contributed by atoms with Crippen molar-refractivity contribution < 1.29 is 19.4 Å². The maximum Gasteiger partial charge on any atom is 0.323 e. The third-order valence-corrected chi connectivity index (χ3v) is 3.20. The van der Waals surface area contributed by atoms with Crippen molar-refractivity contribution >= 4 is 17.7 Å². The Kier molecular flexibility index (Phi) is 5.15. The van der Waals surface area contributed by atoms with E-state index in [-0.39, 0.29) is 6.54 Å². The Hall–Kier alpha value is -2.09. The molecule has 0 unspecified atom stereocenters. The van der Waals surface area contributed by atoms with E-state index >= 15 is 0 Å². The summed E-state index contributed by atoms with van der Waals surface area (Å²) < 4.78 is 6.60. The summed E-state index contributed by atoms with van der Waals surface area (Å²) in [5.41, 5.74) is 0.544. The quantitative estimate of drug-likeness (QED) is 0.741. The van der Waals surface area contributed by atoms with Crippen LogP contribution in [0.25, 0.3) is 0 Å². The van der Waals surface area contributed by atoms with E-state index in [1.165, 1.54) is 11.1 Å². The highest BCUT2D eigenvalue weighted by Crippen LogP contribution is 2.29. The molecular weight excluding hydrogens is 276 g/mol. The van der Waals surface area contributed by atoms with E-state index in [0.717, 1.165) is 12.8 Å².